The van der Waals surface area contributed by atoms with Crippen molar-refractivity contribution in [3.8, 4) is 28.3 Å². The Balaban J connectivity index is 1.36. The van der Waals surface area contributed by atoms with Gasteiger partial charge in [-0.1, -0.05) is 74.5 Å². The lowest BCUT2D eigenvalue weighted by Crippen LogP contribution is -2.33. The van der Waals surface area contributed by atoms with E-state index in [2.05, 4.69) is 49.2 Å². The molecule has 184 valence electrons. The molecule has 4 aromatic rings. The van der Waals surface area contributed by atoms with Crippen LogP contribution in [0.4, 0.5) is 5.69 Å². The molecule has 5 heteroatoms. The van der Waals surface area contributed by atoms with Crippen LogP contribution in [0.15, 0.2) is 97.3 Å². The Morgan fingerprint density at radius 2 is 1.58 bits per heavy atom. The van der Waals surface area contributed by atoms with Gasteiger partial charge in [-0.05, 0) is 54.0 Å². The number of unbranched alkanes of at least 4 members (excludes halogenated alkanes) is 1. The van der Waals surface area contributed by atoms with Gasteiger partial charge in [0.25, 0.3) is 0 Å². The summed E-state index contributed by atoms with van der Waals surface area (Å²) in [6.45, 7) is 5.62. The number of carbonyl (C=O) groups is 1. The first kappa shape index (κ1) is 25.1. The normalized spacial score (nSPS) is 11.2. The number of anilines is 1. The predicted octanol–water partition coefficient (Wildman–Crippen LogP) is 7.05. The number of hydrogen-bond donors (Lipinski definition) is 0. The van der Waals surface area contributed by atoms with Crippen LogP contribution in [-0.2, 0) is 4.79 Å². The topological polar surface area (TPSA) is 55.3 Å². The average Bonchev–Trinajstić information content (AvgIpc) is 2.93. The Bertz CT molecular complexity index is 1170. The standard InChI is InChI=1S/C31H33N3O2/c1-31(2,23-34(24-35)28-16-11-18-32-22-28)17-9-10-19-36-30-21-27(25-12-5-3-6-13-25)20-29(33-30)26-14-7-4-8-15-26/h3-8,11-16,18,20-22,24H,9-10,17,19,23H2,1-2H3. The molecule has 0 aliphatic carbocycles. The molecule has 0 saturated carbocycles. The highest BCUT2D eigenvalue weighted by molar-refractivity contribution is 5.74. The fourth-order valence-electron chi connectivity index (χ4n) is 4.27. The molecule has 0 N–H and O–H groups in total. The molecular formula is C31H33N3O2. The summed E-state index contributed by atoms with van der Waals surface area (Å²) >= 11 is 0. The number of ether oxygens (including phenoxy) is 1. The lowest BCUT2D eigenvalue weighted by Gasteiger charge is -2.30. The summed E-state index contributed by atoms with van der Waals surface area (Å²) in [5, 5.41) is 0. The van der Waals surface area contributed by atoms with Crippen LogP contribution in [0.5, 0.6) is 5.88 Å². The molecule has 2 heterocycles. The highest BCUT2D eigenvalue weighted by atomic mass is 16.5. The predicted molar refractivity (Wildman–Crippen MR) is 146 cm³/mol. The van der Waals surface area contributed by atoms with E-state index in [1.807, 2.05) is 54.6 Å². The van der Waals surface area contributed by atoms with Gasteiger partial charge in [-0.3, -0.25) is 9.78 Å². The van der Waals surface area contributed by atoms with E-state index in [-0.39, 0.29) is 5.41 Å². The van der Waals surface area contributed by atoms with Gasteiger partial charge in [0, 0.05) is 24.4 Å². The van der Waals surface area contributed by atoms with Gasteiger partial charge in [0.05, 0.1) is 24.2 Å². The molecule has 0 fully saturated rings. The number of hydrogen-bond acceptors (Lipinski definition) is 4. The van der Waals surface area contributed by atoms with E-state index < -0.39 is 0 Å². The van der Waals surface area contributed by atoms with E-state index in [0.29, 0.717) is 19.0 Å². The van der Waals surface area contributed by atoms with Crippen LogP contribution >= 0.6 is 0 Å². The van der Waals surface area contributed by atoms with Crippen molar-refractivity contribution in [3.05, 3.63) is 97.3 Å². The van der Waals surface area contributed by atoms with E-state index in [4.69, 9.17) is 9.72 Å². The Morgan fingerprint density at radius 3 is 2.25 bits per heavy atom. The summed E-state index contributed by atoms with van der Waals surface area (Å²) in [6.07, 6.45) is 7.21. The van der Waals surface area contributed by atoms with E-state index >= 15 is 0 Å². The van der Waals surface area contributed by atoms with Crippen molar-refractivity contribution >= 4 is 12.1 Å². The van der Waals surface area contributed by atoms with Crippen LogP contribution in [0.2, 0.25) is 0 Å². The largest absolute Gasteiger partial charge is 0.478 e. The smallest absolute Gasteiger partial charge is 0.214 e. The second-order valence-electron chi connectivity index (χ2n) is 9.73. The summed E-state index contributed by atoms with van der Waals surface area (Å²) in [7, 11) is 0. The van der Waals surface area contributed by atoms with Crippen molar-refractivity contribution in [3.63, 3.8) is 0 Å². The van der Waals surface area contributed by atoms with Gasteiger partial charge >= 0.3 is 0 Å². The molecule has 0 atom stereocenters. The van der Waals surface area contributed by atoms with Crippen molar-refractivity contribution in [1.82, 2.24) is 9.97 Å². The van der Waals surface area contributed by atoms with Crippen LogP contribution in [0.1, 0.15) is 33.1 Å². The zero-order valence-electron chi connectivity index (χ0n) is 21.0. The second-order valence-corrected chi connectivity index (χ2v) is 9.73. The highest BCUT2D eigenvalue weighted by Gasteiger charge is 2.22. The summed E-state index contributed by atoms with van der Waals surface area (Å²) in [5.41, 5.74) is 4.99. The summed E-state index contributed by atoms with van der Waals surface area (Å²) in [4.78, 5) is 22.3. The maximum absolute atomic E-state index is 11.6. The van der Waals surface area contributed by atoms with E-state index in [1.165, 1.54) is 0 Å². The minimum atomic E-state index is -0.0251. The number of carbonyl (C=O) groups excluding carboxylic acids is 1. The molecule has 36 heavy (non-hydrogen) atoms. The molecule has 4 rings (SSSR count). The van der Waals surface area contributed by atoms with Gasteiger partial charge in [0.2, 0.25) is 12.3 Å². The van der Waals surface area contributed by atoms with Crippen molar-refractivity contribution in [2.24, 2.45) is 5.41 Å². The Morgan fingerprint density at radius 1 is 0.861 bits per heavy atom. The lowest BCUT2D eigenvalue weighted by molar-refractivity contribution is -0.107. The number of aromatic nitrogens is 2. The number of nitrogens with zero attached hydrogens (tertiary/aromatic N) is 3. The molecule has 2 aromatic carbocycles. The summed E-state index contributed by atoms with van der Waals surface area (Å²) in [5.74, 6) is 0.637. The fourth-order valence-corrected chi connectivity index (χ4v) is 4.27. The molecule has 5 nitrogen and oxygen atoms in total. The Hall–Kier alpha value is -3.99. The van der Waals surface area contributed by atoms with Gasteiger partial charge in [-0.2, -0.15) is 0 Å². The van der Waals surface area contributed by atoms with Crippen molar-refractivity contribution in [1.29, 1.82) is 0 Å². The van der Waals surface area contributed by atoms with Gasteiger partial charge < -0.3 is 9.64 Å². The first-order valence-electron chi connectivity index (χ1n) is 12.4. The number of pyridine rings is 2. The van der Waals surface area contributed by atoms with E-state index in [1.54, 1.807) is 17.3 Å². The van der Waals surface area contributed by atoms with Gasteiger partial charge in [-0.25, -0.2) is 4.98 Å². The van der Waals surface area contributed by atoms with Gasteiger partial charge in [0.15, 0.2) is 0 Å². The Labute approximate surface area is 213 Å². The minimum absolute atomic E-state index is 0.0251. The SMILES string of the molecule is CC(C)(CCCCOc1cc(-c2ccccc2)cc(-c2ccccc2)n1)CN(C=O)c1cccnc1. The zero-order valence-corrected chi connectivity index (χ0v) is 21.0. The third kappa shape index (κ3) is 7.01. The highest BCUT2D eigenvalue weighted by Crippen LogP contribution is 2.29. The number of benzene rings is 2. The molecule has 0 spiro atoms. The first-order chi connectivity index (χ1) is 17.5. The van der Waals surface area contributed by atoms with Gasteiger partial charge in [0.1, 0.15) is 0 Å². The van der Waals surface area contributed by atoms with Gasteiger partial charge in [-0.15, -0.1) is 0 Å². The van der Waals surface area contributed by atoms with E-state index in [0.717, 1.165) is 53.7 Å². The first-order valence-corrected chi connectivity index (χ1v) is 12.4. The minimum Gasteiger partial charge on any atom is -0.478 e. The molecule has 0 radical (unpaired) electrons. The van der Waals surface area contributed by atoms with Crippen molar-refractivity contribution < 1.29 is 9.53 Å². The zero-order chi connectivity index (χ0) is 25.2. The lowest BCUT2D eigenvalue weighted by atomic mass is 9.86. The molecule has 0 saturated heterocycles. The fraction of sp³-hybridized carbons (Fsp3) is 0.258. The molecule has 1 amide bonds. The third-order valence-corrected chi connectivity index (χ3v) is 6.18. The summed E-state index contributed by atoms with van der Waals surface area (Å²) < 4.78 is 6.13. The van der Waals surface area contributed by atoms with Crippen LogP contribution in [0.3, 0.4) is 0 Å². The molecule has 0 unspecified atom stereocenters. The van der Waals surface area contributed by atoms with Crippen LogP contribution in [0, 0.1) is 5.41 Å². The van der Waals surface area contributed by atoms with E-state index in [9.17, 15) is 4.79 Å². The number of rotatable bonds is 12. The molecular weight excluding hydrogens is 446 g/mol. The maximum Gasteiger partial charge on any atom is 0.214 e. The van der Waals surface area contributed by atoms with Crippen molar-refractivity contribution in [2.45, 2.75) is 33.1 Å². The van der Waals surface area contributed by atoms with Crippen LogP contribution in [-0.4, -0.2) is 29.5 Å². The van der Waals surface area contributed by atoms with Crippen LogP contribution < -0.4 is 9.64 Å². The second kappa shape index (κ2) is 12.1. The molecule has 0 bridgehead atoms. The third-order valence-electron chi connectivity index (χ3n) is 6.18. The average molecular weight is 480 g/mol. The molecule has 0 aliphatic heterocycles. The Kier molecular flexibility index (Phi) is 8.45. The van der Waals surface area contributed by atoms with Crippen molar-refractivity contribution in [2.75, 3.05) is 18.1 Å². The molecule has 2 aromatic heterocycles. The molecule has 0 aliphatic rings. The summed E-state index contributed by atoms with van der Waals surface area (Å²) in [6, 6.07) is 28.4. The number of amides is 1. The quantitative estimate of drug-likeness (QED) is 0.161. The van der Waals surface area contributed by atoms with Crippen LogP contribution in [0.25, 0.3) is 22.4 Å². The monoisotopic (exact) mass is 479 g/mol. The maximum atomic E-state index is 11.6.